The molecule has 94 valence electrons. The van der Waals surface area contributed by atoms with Crippen LogP contribution >= 0.6 is 0 Å². The summed E-state index contributed by atoms with van der Waals surface area (Å²) in [5.74, 6) is -0.818. The van der Waals surface area contributed by atoms with Gasteiger partial charge in [-0.25, -0.2) is 0 Å². The van der Waals surface area contributed by atoms with Gasteiger partial charge in [0, 0.05) is 12.6 Å². The Kier molecular flexibility index (Phi) is 5.12. The van der Waals surface area contributed by atoms with Crippen LogP contribution in [0.25, 0.3) is 0 Å². The number of aliphatic carboxylic acids is 1. The molecule has 0 aliphatic heterocycles. The minimum atomic E-state index is -0.818. The molecule has 0 amide bonds. The second-order valence-electron chi connectivity index (χ2n) is 4.44. The van der Waals surface area contributed by atoms with Crippen molar-refractivity contribution in [2.45, 2.75) is 38.9 Å². The quantitative estimate of drug-likeness (QED) is 0.692. The zero-order chi connectivity index (χ0) is 12.8. The van der Waals surface area contributed by atoms with Crippen LogP contribution in [0.5, 0.6) is 0 Å². The third-order valence-corrected chi connectivity index (χ3v) is 2.53. The van der Waals surface area contributed by atoms with Crippen molar-refractivity contribution in [1.29, 1.82) is 0 Å². The van der Waals surface area contributed by atoms with Gasteiger partial charge in [0.25, 0.3) is 0 Å². The van der Waals surface area contributed by atoms with E-state index in [1.54, 1.807) is 0 Å². The van der Waals surface area contributed by atoms with Crippen LogP contribution in [0.15, 0.2) is 24.3 Å². The molecule has 0 spiro atoms. The van der Waals surface area contributed by atoms with Gasteiger partial charge in [-0.3, -0.25) is 4.79 Å². The smallest absolute Gasteiger partial charge is 0.321 e. The normalized spacial score (nSPS) is 12.7. The lowest BCUT2D eigenvalue weighted by molar-refractivity contribution is -0.139. The fourth-order valence-corrected chi connectivity index (χ4v) is 1.67. The first-order chi connectivity index (χ1) is 8.02. The van der Waals surface area contributed by atoms with E-state index in [9.17, 15) is 4.79 Å². The van der Waals surface area contributed by atoms with Crippen LogP contribution in [0.1, 0.15) is 25.0 Å². The van der Waals surface area contributed by atoms with E-state index in [1.807, 2.05) is 38.1 Å². The van der Waals surface area contributed by atoms with Gasteiger partial charge in [-0.2, -0.15) is 0 Å². The summed E-state index contributed by atoms with van der Waals surface area (Å²) >= 11 is 0. The first-order valence-corrected chi connectivity index (χ1v) is 5.79. The summed E-state index contributed by atoms with van der Waals surface area (Å²) in [6.07, 6.45) is 0.484. The van der Waals surface area contributed by atoms with Crippen molar-refractivity contribution in [2.24, 2.45) is 5.73 Å². The maximum Gasteiger partial charge on any atom is 0.321 e. The SMILES string of the molecule is CC(C)N[C@@H](Cc1ccc(CN)cc1)C(=O)O. The first kappa shape index (κ1) is 13.7. The summed E-state index contributed by atoms with van der Waals surface area (Å²) in [5, 5.41) is 12.1. The topological polar surface area (TPSA) is 75.3 Å². The molecule has 0 radical (unpaired) electrons. The average molecular weight is 236 g/mol. The predicted octanol–water partition coefficient (Wildman–Crippen LogP) is 1.14. The molecular formula is C13H20N2O2. The van der Waals surface area contributed by atoms with Crippen molar-refractivity contribution >= 4 is 5.97 Å². The van der Waals surface area contributed by atoms with Gasteiger partial charge in [0.2, 0.25) is 0 Å². The van der Waals surface area contributed by atoms with E-state index in [1.165, 1.54) is 0 Å². The molecule has 0 bridgehead atoms. The number of carboxylic acid groups (broad SMARTS) is 1. The molecule has 0 unspecified atom stereocenters. The Balaban J connectivity index is 2.68. The third-order valence-electron chi connectivity index (χ3n) is 2.53. The number of benzene rings is 1. The molecule has 0 fully saturated rings. The van der Waals surface area contributed by atoms with E-state index in [0.29, 0.717) is 13.0 Å². The second-order valence-corrected chi connectivity index (χ2v) is 4.44. The lowest BCUT2D eigenvalue weighted by atomic mass is 10.0. The molecule has 0 heterocycles. The molecule has 0 aromatic heterocycles. The Bertz CT molecular complexity index is 360. The van der Waals surface area contributed by atoms with Crippen LogP contribution < -0.4 is 11.1 Å². The van der Waals surface area contributed by atoms with Crippen molar-refractivity contribution in [1.82, 2.24) is 5.32 Å². The Hall–Kier alpha value is -1.39. The van der Waals surface area contributed by atoms with Crippen LogP contribution in [0.4, 0.5) is 0 Å². The van der Waals surface area contributed by atoms with Crippen LogP contribution in [-0.4, -0.2) is 23.2 Å². The molecule has 0 aliphatic carbocycles. The largest absolute Gasteiger partial charge is 0.480 e. The lowest BCUT2D eigenvalue weighted by Gasteiger charge is -2.17. The van der Waals surface area contributed by atoms with Crippen molar-refractivity contribution < 1.29 is 9.90 Å². The number of rotatable bonds is 6. The number of carboxylic acids is 1. The highest BCUT2D eigenvalue weighted by molar-refractivity contribution is 5.74. The van der Waals surface area contributed by atoms with Crippen molar-refractivity contribution in [2.75, 3.05) is 0 Å². The monoisotopic (exact) mass is 236 g/mol. The molecular weight excluding hydrogens is 216 g/mol. The van der Waals surface area contributed by atoms with E-state index in [2.05, 4.69) is 5.32 Å². The summed E-state index contributed by atoms with van der Waals surface area (Å²) in [6.45, 7) is 4.38. The zero-order valence-corrected chi connectivity index (χ0v) is 10.3. The summed E-state index contributed by atoms with van der Waals surface area (Å²) in [6, 6.07) is 7.34. The van der Waals surface area contributed by atoms with Gasteiger partial charge >= 0.3 is 5.97 Å². The summed E-state index contributed by atoms with van der Waals surface area (Å²) < 4.78 is 0. The van der Waals surface area contributed by atoms with Crippen LogP contribution in [0.2, 0.25) is 0 Å². The molecule has 4 N–H and O–H groups in total. The maximum atomic E-state index is 11.1. The summed E-state index contributed by atoms with van der Waals surface area (Å²) in [7, 11) is 0. The Labute approximate surface area is 102 Å². The highest BCUT2D eigenvalue weighted by Gasteiger charge is 2.18. The summed E-state index contributed by atoms with van der Waals surface area (Å²) in [5.41, 5.74) is 7.56. The van der Waals surface area contributed by atoms with E-state index in [4.69, 9.17) is 10.8 Å². The van der Waals surface area contributed by atoms with Gasteiger partial charge in [0.05, 0.1) is 0 Å². The predicted molar refractivity (Wildman–Crippen MR) is 67.7 cm³/mol. The van der Waals surface area contributed by atoms with Gasteiger partial charge in [-0.05, 0) is 17.5 Å². The van der Waals surface area contributed by atoms with E-state index < -0.39 is 12.0 Å². The molecule has 4 heteroatoms. The first-order valence-electron chi connectivity index (χ1n) is 5.79. The molecule has 1 aromatic rings. The molecule has 17 heavy (non-hydrogen) atoms. The van der Waals surface area contributed by atoms with Crippen LogP contribution in [0.3, 0.4) is 0 Å². The second kappa shape index (κ2) is 6.37. The molecule has 4 nitrogen and oxygen atoms in total. The van der Waals surface area contributed by atoms with Crippen molar-refractivity contribution in [3.8, 4) is 0 Å². The Morgan fingerprint density at radius 3 is 2.24 bits per heavy atom. The van der Waals surface area contributed by atoms with Gasteiger partial charge in [0.1, 0.15) is 6.04 Å². The van der Waals surface area contributed by atoms with E-state index in [-0.39, 0.29) is 6.04 Å². The molecule has 0 aliphatic rings. The van der Waals surface area contributed by atoms with E-state index >= 15 is 0 Å². The fraction of sp³-hybridized carbons (Fsp3) is 0.462. The minimum Gasteiger partial charge on any atom is -0.480 e. The minimum absolute atomic E-state index is 0.152. The van der Waals surface area contributed by atoms with Gasteiger partial charge in [0.15, 0.2) is 0 Å². The van der Waals surface area contributed by atoms with Crippen molar-refractivity contribution in [3.05, 3.63) is 35.4 Å². The lowest BCUT2D eigenvalue weighted by Crippen LogP contribution is -2.42. The zero-order valence-electron chi connectivity index (χ0n) is 10.3. The van der Waals surface area contributed by atoms with Gasteiger partial charge in [-0.1, -0.05) is 38.1 Å². The number of hydrogen-bond acceptors (Lipinski definition) is 3. The Morgan fingerprint density at radius 2 is 1.82 bits per heavy atom. The third kappa shape index (κ3) is 4.54. The highest BCUT2D eigenvalue weighted by atomic mass is 16.4. The molecule has 1 rings (SSSR count). The number of carbonyl (C=O) groups is 1. The number of hydrogen-bond donors (Lipinski definition) is 3. The molecule has 1 aromatic carbocycles. The van der Waals surface area contributed by atoms with Gasteiger partial charge in [-0.15, -0.1) is 0 Å². The number of nitrogens with two attached hydrogens (primary N) is 1. The molecule has 0 saturated carbocycles. The molecule has 0 saturated heterocycles. The van der Waals surface area contributed by atoms with Crippen molar-refractivity contribution in [3.63, 3.8) is 0 Å². The van der Waals surface area contributed by atoms with E-state index in [0.717, 1.165) is 11.1 Å². The fourth-order valence-electron chi connectivity index (χ4n) is 1.67. The highest BCUT2D eigenvalue weighted by Crippen LogP contribution is 2.07. The maximum absolute atomic E-state index is 11.1. The standard InChI is InChI=1S/C13H20N2O2/c1-9(2)15-12(13(16)17)7-10-3-5-11(8-14)6-4-10/h3-6,9,12,15H,7-8,14H2,1-2H3,(H,16,17)/t12-/m0/s1. The van der Waals surface area contributed by atoms with Crippen LogP contribution in [0, 0.1) is 0 Å². The van der Waals surface area contributed by atoms with Gasteiger partial charge < -0.3 is 16.2 Å². The Morgan fingerprint density at radius 1 is 1.29 bits per heavy atom. The number of nitrogens with one attached hydrogen (secondary N) is 1. The average Bonchev–Trinajstić information content (AvgIpc) is 2.28. The summed E-state index contributed by atoms with van der Waals surface area (Å²) in [4.78, 5) is 11.1. The molecule has 1 atom stereocenters. The van der Waals surface area contributed by atoms with Crippen LogP contribution in [-0.2, 0) is 17.8 Å².